The van der Waals surface area contributed by atoms with Gasteiger partial charge in [0.25, 0.3) is 0 Å². The lowest BCUT2D eigenvalue weighted by Crippen LogP contribution is -1.76. The van der Waals surface area contributed by atoms with Crippen molar-refractivity contribution in [2.45, 2.75) is 41.5 Å². The zero-order chi connectivity index (χ0) is 31.5. The number of aromatic amines is 2. The minimum absolute atomic E-state index is 0.806. The van der Waals surface area contributed by atoms with Crippen LogP contribution in [0.5, 0.6) is 0 Å². The Morgan fingerprint density at radius 1 is 0.837 bits per heavy atom. The van der Waals surface area contributed by atoms with Gasteiger partial charge in [-0.2, -0.15) is 15.3 Å². The number of rotatable bonds is 0. The van der Waals surface area contributed by atoms with Crippen LogP contribution in [0.3, 0.4) is 0 Å². The molecule has 5 aromatic heterocycles. The lowest BCUT2D eigenvalue weighted by atomic mass is 10.3. The number of hydrogen-bond donors (Lipinski definition) is 2. The molecule has 0 unspecified atom stereocenters. The van der Waals surface area contributed by atoms with Gasteiger partial charge in [0.15, 0.2) is 0 Å². The van der Waals surface area contributed by atoms with Crippen LogP contribution in [0.4, 0.5) is 0 Å². The summed E-state index contributed by atoms with van der Waals surface area (Å²) in [5.74, 6) is 0. The molecule has 0 atom stereocenters. The Hall–Kier alpha value is -5.33. The first-order chi connectivity index (χ1) is 20.8. The molecular weight excluding hydrogens is 544 g/mol. The van der Waals surface area contributed by atoms with Gasteiger partial charge in [-0.1, -0.05) is 16.8 Å². The van der Waals surface area contributed by atoms with E-state index >= 15 is 0 Å². The van der Waals surface area contributed by atoms with Crippen molar-refractivity contribution >= 4 is 6.21 Å². The maximum absolute atomic E-state index is 4.46. The standard InChI is InChI=1S/C6H7N.C5H7N.3C4H6N2.C4H5NO.C3H5N3/c1-6-3-2-4-7-5-6;1-5-2-3-6-4-5;1-4-2-5-3-6-4;3*1-4-2-5-6-3-4;1-6-2-4-5-3-6/h2-5H,1H3;2-3H,4H2,1H3;2-3H,1H3,(H,5,6);2H,3H2,1H3;2-3H,1H3,(H,5,6);2*2-3H,1H3. The fourth-order valence-corrected chi connectivity index (χ4v) is 2.36. The van der Waals surface area contributed by atoms with Gasteiger partial charge in [-0.15, -0.1) is 10.2 Å². The van der Waals surface area contributed by atoms with Gasteiger partial charge in [-0.05, 0) is 70.4 Å². The molecule has 0 radical (unpaired) electrons. The first-order valence-corrected chi connectivity index (χ1v) is 13.4. The molecule has 13 heteroatoms. The molecule has 2 N–H and O–H groups in total. The van der Waals surface area contributed by atoms with Gasteiger partial charge >= 0.3 is 0 Å². The Balaban J connectivity index is 0.000000251. The number of nitrogens with zero attached hydrogens (tertiary/aromatic N) is 10. The van der Waals surface area contributed by atoms with E-state index in [0.29, 0.717) is 0 Å². The number of imidazole rings is 1. The molecular formula is C30H42N12O. The molecule has 0 fully saturated rings. The molecule has 0 amide bonds. The van der Waals surface area contributed by atoms with Crippen LogP contribution in [0.1, 0.15) is 36.2 Å². The van der Waals surface area contributed by atoms with Crippen LogP contribution in [0.15, 0.2) is 118 Å². The molecule has 228 valence electrons. The van der Waals surface area contributed by atoms with Gasteiger partial charge in [0, 0.05) is 55.5 Å². The van der Waals surface area contributed by atoms with Crippen molar-refractivity contribution in [2.24, 2.45) is 22.3 Å². The van der Waals surface area contributed by atoms with Gasteiger partial charge in [-0.25, -0.2) is 4.98 Å². The van der Waals surface area contributed by atoms with Crippen molar-refractivity contribution in [3.05, 3.63) is 120 Å². The summed E-state index contributed by atoms with van der Waals surface area (Å²) in [6.45, 7) is 13.7. The summed E-state index contributed by atoms with van der Waals surface area (Å²) in [6.07, 6.45) is 22.9. The SMILES string of the molecule is CC1=CC=NC1.CC1=CN=NC1.Cc1cccnc1.Cc1cn[nH]c1.Cc1cnc[nH]1.Cc1cnoc1.Cn1cnnc1. The van der Waals surface area contributed by atoms with E-state index in [2.05, 4.69) is 67.2 Å². The van der Waals surface area contributed by atoms with Crippen molar-refractivity contribution in [3.63, 3.8) is 0 Å². The summed E-state index contributed by atoms with van der Waals surface area (Å²) in [5, 5.41) is 24.2. The van der Waals surface area contributed by atoms with E-state index in [4.69, 9.17) is 0 Å². The fraction of sp³-hybridized carbons (Fsp3) is 0.300. The van der Waals surface area contributed by atoms with Crippen molar-refractivity contribution < 1.29 is 4.52 Å². The van der Waals surface area contributed by atoms with Crippen LogP contribution in [0.2, 0.25) is 0 Å². The molecule has 5 aromatic rings. The minimum Gasteiger partial charge on any atom is -0.365 e. The average molecular weight is 587 g/mol. The fourth-order valence-electron chi connectivity index (χ4n) is 2.36. The van der Waals surface area contributed by atoms with Crippen molar-refractivity contribution in [3.8, 4) is 0 Å². The monoisotopic (exact) mass is 586 g/mol. The molecule has 43 heavy (non-hydrogen) atoms. The van der Waals surface area contributed by atoms with Crippen LogP contribution in [0, 0.1) is 27.7 Å². The van der Waals surface area contributed by atoms with Crippen molar-refractivity contribution in [1.29, 1.82) is 0 Å². The number of hydrogen-bond acceptors (Lipinski definition) is 10. The number of aliphatic imine (C=N–C) groups is 1. The summed E-state index contributed by atoms with van der Waals surface area (Å²) < 4.78 is 6.24. The third kappa shape index (κ3) is 22.1. The van der Waals surface area contributed by atoms with Crippen LogP contribution < -0.4 is 0 Å². The molecule has 0 saturated carbocycles. The predicted molar refractivity (Wildman–Crippen MR) is 168 cm³/mol. The normalized spacial score (nSPS) is 11.5. The summed E-state index contributed by atoms with van der Waals surface area (Å²) in [7, 11) is 1.88. The minimum atomic E-state index is 0.806. The maximum Gasteiger partial charge on any atom is 0.126 e. The first kappa shape index (κ1) is 35.7. The van der Waals surface area contributed by atoms with Crippen LogP contribution in [0.25, 0.3) is 0 Å². The zero-order valence-electron chi connectivity index (χ0n) is 26.0. The number of azo groups is 1. The van der Waals surface area contributed by atoms with E-state index in [1.807, 2.05) is 78.5 Å². The zero-order valence-corrected chi connectivity index (χ0v) is 26.0. The number of pyridine rings is 1. The van der Waals surface area contributed by atoms with E-state index in [-0.39, 0.29) is 0 Å². The Labute approximate surface area is 253 Å². The summed E-state index contributed by atoms with van der Waals surface area (Å²) in [6, 6.07) is 3.95. The highest BCUT2D eigenvalue weighted by atomic mass is 16.5. The summed E-state index contributed by atoms with van der Waals surface area (Å²) in [4.78, 5) is 14.5. The topological polar surface area (TPSA) is 164 Å². The smallest absolute Gasteiger partial charge is 0.126 e. The predicted octanol–water partition coefficient (Wildman–Crippen LogP) is 6.00. The summed E-state index contributed by atoms with van der Waals surface area (Å²) in [5.41, 5.74) is 7.16. The van der Waals surface area contributed by atoms with Crippen LogP contribution in [-0.2, 0) is 7.05 Å². The first-order valence-electron chi connectivity index (χ1n) is 13.4. The number of aromatic nitrogens is 9. The lowest BCUT2D eigenvalue weighted by Gasteiger charge is -1.82. The van der Waals surface area contributed by atoms with Gasteiger partial charge in [0.05, 0.1) is 31.8 Å². The Bertz CT molecular complexity index is 1250. The number of aryl methyl sites for hydroxylation is 5. The second-order valence-corrected chi connectivity index (χ2v) is 9.26. The van der Waals surface area contributed by atoms with Gasteiger partial charge in [0.2, 0.25) is 0 Å². The highest BCUT2D eigenvalue weighted by molar-refractivity contribution is 5.74. The van der Waals surface area contributed by atoms with Crippen LogP contribution >= 0.6 is 0 Å². The Morgan fingerprint density at radius 3 is 1.81 bits per heavy atom. The van der Waals surface area contributed by atoms with E-state index in [1.54, 1.807) is 60.8 Å². The van der Waals surface area contributed by atoms with Crippen LogP contribution in [-0.4, -0.2) is 64.4 Å². The molecule has 0 spiro atoms. The third-order valence-electron chi connectivity index (χ3n) is 4.65. The molecule has 2 aliphatic heterocycles. The molecule has 7 heterocycles. The molecule has 0 aliphatic carbocycles. The van der Waals surface area contributed by atoms with Crippen molar-refractivity contribution in [2.75, 3.05) is 13.1 Å². The lowest BCUT2D eigenvalue weighted by molar-refractivity contribution is 0.419. The number of nitrogens with one attached hydrogen (secondary N) is 2. The quantitative estimate of drug-likeness (QED) is 0.225. The second kappa shape index (κ2) is 23.4. The van der Waals surface area contributed by atoms with Gasteiger partial charge in [-0.3, -0.25) is 15.1 Å². The molecule has 0 saturated heterocycles. The van der Waals surface area contributed by atoms with E-state index in [0.717, 1.165) is 24.3 Å². The Kier molecular flexibility index (Phi) is 19.4. The largest absolute Gasteiger partial charge is 0.365 e. The molecule has 7 rings (SSSR count). The maximum atomic E-state index is 4.46. The highest BCUT2D eigenvalue weighted by Gasteiger charge is 1.89. The third-order valence-corrected chi connectivity index (χ3v) is 4.65. The molecule has 0 bridgehead atoms. The van der Waals surface area contributed by atoms with E-state index in [9.17, 15) is 0 Å². The average Bonchev–Trinajstić information content (AvgIpc) is 3.81. The molecule has 2 aliphatic rings. The second-order valence-electron chi connectivity index (χ2n) is 9.26. The Morgan fingerprint density at radius 2 is 1.63 bits per heavy atom. The summed E-state index contributed by atoms with van der Waals surface area (Å²) >= 11 is 0. The number of H-pyrrole nitrogens is 2. The van der Waals surface area contributed by atoms with E-state index < -0.39 is 0 Å². The molecule has 13 nitrogen and oxygen atoms in total. The van der Waals surface area contributed by atoms with E-state index in [1.165, 1.54) is 22.3 Å². The molecule has 0 aromatic carbocycles. The number of allylic oxidation sites excluding steroid dienone is 1. The van der Waals surface area contributed by atoms with Crippen molar-refractivity contribution in [1.82, 2.24) is 45.1 Å². The highest BCUT2D eigenvalue weighted by Crippen LogP contribution is 2.00. The van der Waals surface area contributed by atoms with Gasteiger partial charge < -0.3 is 14.1 Å². The van der Waals surface area contributed by atoms with Gasteiger partial charge in [0.1, 0.15) is 18.9 Å².